The number of nitrogens with two attached hydrogens (primary N) is 1. The van der Waals surface area contributed by atoms with Crippen molar-refractivity contribution in [2.75, 3.05) is 26.3 Å². The second-order valence-electron chi connectivity index (χ2n) is 5.64. The van der Waals surface area contributed by atoms with Gasteiger partial charge >= 0.3 is 0 Å². The molecule has 2 fully saturated rings. The Morgan fingerprint density at radius 3 is 2.90 bits per heavy atom. The fourth-order valence-corrected chi connectivity index (χ4v) is 2.79. The average Bonchev–Trinajstić information content (AvgIpc) is 3.33. The van der Waals surface area contributed by atoms with Gasteiger partial charge < -0.3 is 15.8 Å². The zero-order valence-electron chi connectivity index (χ0n) is 12.1. The van der Waals surface area contributed by atoms with E-state index in [-0.39, 0.29) is 18.0 Å². The molecule has 3 N–H and O–H groups in total. The van der Waals surface area contributed by atoms with Crippen LogP contribution < -0.4 is 11.1 Å². The van der Waals surface area contributed by atoms with Crippen molar-refractivity contribution in [3.05, 3.63) is 30.1 Å². The summed E-state index contributed by atoms with van der Waals surface area (Å²) in [5.74, 6) is 0.0599. The highest BCUT2D eigenvalue weighted by Gasteiger charge is 2.36. The lowest BCUT2D eigenvalue weighted by atomic mass is 10.0. The summed E-state index contributed by atoms with van der Waals surface area (Å²) < 4.78 is 5.51. The largest absolute Gasteiger partial charge is 0.378 e. The topological polar surface area (TPSA) is 80.5 Å². The summed E-state index contributed by atoms with van der Waals surface area (Å²) in [6, 6.07) is 4.04. The van der Waals surface area contributed by atoms with Crippen molar-refractivity contribution in [1.29, 1.82) is 0 Å². The molecule has 0 spiro atoms. The molecule has 2 aliphatic rings. The lowest BCUT2D eigenvalue weighted by Crippen LogP contribution is -2.56. The van der Waals surface area contributed by atoms with Crippen molar-refractivity contribution in [2.45, 2.75) is 31.0 Å². The van der Waals surface area contributed by atoms with Gasteiger partial charge in [0, 0.05) is 37.6 Å². The highest BCUT2D eigenvalue weighted by atomic mass is 16.5. The maximum absolute atomic E-state index is 12.4. The van der Waals surface area contributed by atoms with E-state index in [1.165, 1.54) is 0 Å². The average molecular weight is 290 g/mol. The van der Waals surface area contributed by atoms with Gasteiger partial charge in [0.2, 0.25) is 5.91 Å². The van der Waals surface area contributed by atoms with Crippen LogP contribution in [0.15, 0.2) is 24.5 Å². The van der Waals surface area contributed by atoms with Gasteiger partial charge in [-0.15, -0.1) is 0 Å². The fraction of sp³-hybridized carbons (Fsp3) is 0.600. The number of hydrogen-bond acceptors (Lipinski definition) is 5. The van der Waals surface area contributed by atoms with Crippen LogP contribution in [0.4, 0.5) is 0 Å². The van der Waals surface area contributed by atoms with Crippen LogP contribution >= 0.6 is 0 Å². The molecule has 2 atom stereocenters. The maximum atomic E-state index is 12.4. The van der Waals surface area contributed by atoms with E-state index in [2.05, 4.69) is 15.2 Å². The molecule has 1 saturated heterocycles. The first kappa shape index (κ1) is 14.4. The van der Waals surface area contributed by atoms with Crippen molar-refractivity contribution >= 4 is 5.91 Å². The second kappa shape index (κ2) is 6.51. The summed E-state index contributed by atoms with van der Waals surface area (Å²) in [5, 5.41) is 3.07. The molecule has 6 nitrogen and oxygen atoms in total. The van der Waals surface area contributed by atoms with Gasteiger partial charge in [-0.2, -0.15) is 0 Å². The third kappa shape index (κ3) is 3.40. The first-order valence-corrected chi connectivity index (χ1v) is 7.53. The zero-order chi connectivity index (χ0) is 14.7. The first-order valence-electron chi connectivity index (χ1n) is 7.53. The summed E-state index contributed by atoms with van der Waals surface area (Å²) in [6.07, 6.45) is 5.70. The van der Waals surface area contributed by atoms with Crippen molar-refractivity contribution in [1.82, 2.24) is 15.2 Å². The molecular formula is C15H22N4O2. The van der Waals surface area contributed by atoms with Crippen LogP contribution in [0.5, 0.6) is 0 Å². The highest BCUT2D eigenvalue weighted by Crippen LogP contribution is 2.25. The van der Waals surface area contributed by atoms with Crippen molar-refractivity contribution in [3.63, 3.8) is 0 Å². The number of ether oxygens (including phenoxy) is 1. The van der Waals surface area contributed by atoms with Crippen LogP contribution in [0.3, 0.4) is 0 Å². The molecular weight excluding hydrogens is 268 g/mol. The minimum absolute atomic E-state index is 0.0202. The Hall–Kier alpha value is -1.50. The monoisotopic (exact) mass is 290 g/mol. The van der Waals surface area contributed by atoms with Gasteiger partial charge in [0.25, 0.3) is 0 Å². The van der Waals surface area contributed by atoms with Gasteiger partial charge in [-0.25, -0.2) is 0 Å². The Labute approximate surface area is 124 Å². The number of nitrogens with one attached hydrogen (secondary N) is 1. The van der Waals surface area contributed by atoms with Crippen molar-refractivity contribution < 1.29 is 9.53 Å². The molecule has 2 heterocycles. The smallest absolute Gasteiger partial charge is 0.239 e. The molecule has 0 radical (unpaired) electrons. The molecule has 21 heavy (non-hydrogen) atoms. The van der Waals surface area contributed by atoms with E-state index in [9.17, 15) is 4.79 Å². The third-order valence-electron chi connectivity index (χ3n) is 4.11. The third-order valence-corrected chi connectivity index (χ3v) is 4.11. The SMILES string of the molecule is NCC(c1ccncc1)N1CCOCC1C(=O)NC1CC1. The molecule has 1 aromatic heterocycles. The van der Waals surface area contributed by atoms with E-state index in [0.717, 1.165) is 18.4 Å². The number of carbonyl (C=O) groups excluding carboxylic acids is 1. The molecule has 1 amide bonds. The maximum Gasteiger partial charge on any atom is 0.239 e. The van der Waals surface area contributed by atoms with E-state index in [1.54, 1.807) is 12.4 Å². The lowest BCUT2D eigenvalue weighted by molar-refractivity contribution is -0.134. The molecule has 6 heteroatoms. The number of morpholine rings is 1. The number of carbonyl (C=O) groups is 1. The van der Waals surface area contributed by atoms with E-state index in [0.29, 0.717) is 32.3 Å². The zero-order valence-corrected chi connectivity index (χ0v) is 12.1. The minimum atomic E-state index is -0.263. The number of hydrogen-bond donors (Lipinski definition) is 2. The Kier molecular flexibility index (Phi) is 4.48. The predicted molar refractivity (Wildman–Crippen MR) is 78.5 cm³/mol. The second-order valence-corrected chi connectivity index (χ2v) is 5.64. The van der Waals surface area contributed by atoms with Crippen LogP contribution in [0.2, 0.25) is 0 Å². The summed E-state index contributed by atoms with van der Waals surface area (Å²) in [7, 11) is 0. The van der Waals surface area contributed by atoms with Gasteiger partial charge in [-0.1, -0.05) is 0 Å². The summed E-state index contributed by atoms with van der Waals surface area (Å²) in [6.45, 7) is 2.25. The minimum Gasteiger partial charge on any atom is -0.378 e. The highest BCUT2D eigenvalue weighted by molar-refractivity contribution is 5.82. The number of aromatic nitrogens is 1. The summed E-state index contributed by atoms with van der Waals surface area (Å²) >= 11 is 0. The van der Waals surface area contributed by atoms with Crippen LogP contribution in [-0.2, 0) is 9.53 Å². The first-order chi connectivity index (χ1) is 10.3. The lowest BCUT2D eigenvalue weighted by Gasteiger charge is -2.39. The van der Waals surface area contributed by atoms with E-state index < -0.39 is 0 Å². The van der Waals surface area contributed by atoms with Gasteiger partial charge in [-0.3, -0.25) is 14.7 Å². The quantitative estimate of drug-likeness (QED) is 0.801. The Balaban J connectivity index is 1.76. The van der Waals surface area contributed by atoms with E-state index in [4.69, 9.17) is 10.5 Å². The van der Waals surface area contributed by atoms with Crippen LogP contribution in [-0.4, -0.2) is 54.2 Å². The number of pyridine rings is 1. The molecule has 114 valence electrons. The Morgan fingerprint density at radius 2 is 2.24 bits per heavy atom. The summed E-state index contributed by atoms with van der Waals surface area (Å²) in [4.78, 5) is 18.6. The molecule has 1 aliphatic carbocycles. The van der Waals surface area contributed by atoms with Crippen LogP contribution in [0, 0.1) is 0 Å². The number of nitrogens with zero attached hydrogens (tertiary/aromatic N) is 2. The molecule has 2 unspecified atom stereocenters. The van der Waals surface area contributed by atoms with E-state index >= 15 is 0 Å². The fourth-order valence-electron chi connectivity index (χ4n) is 2.79. The molecule has 1 aliphatic heterocycles. The Bertz CT molecular complexity index is 478. The molecule has 0 aromatic carbocycles. The van der Waals surface area contributed by atoms with Gasteiger partial charge in [0.1, 0.15) is 6.04 Å². The van der Waals surface area contributed by atoms with E-state index in [1.807, 2.05) is 12.1 Å². The normalized spacial score (nSPS) is 24.5. The van der Waals surface area contributed by atoms with Crippen molar-refractivity contribution in [3.8, 4) is 0 Å². The van der Waals surface area contributed by atoms with Crippen molar-refractivity contribution in [2.24, 2.45) is 5.73 Å². The number of rotatable bonds is 5. The van der Waals surface area contributed by atoms with Crippen LogP contribution in [0.25, 0.3) is 0 Å². The van der Waals surface area contributed by atoms with Gasteiger partial charge in [0.05, 0.1) is 13.2 Å². The van der Waals surface area contributed by atoms with Gasteiger partial charge in [0.15, 0.2) is 0 Å². The van der Waals surface area contributed by atoms with Gasteiger partial charge in [-0.05, 0) is 30.5 Å². The molecule has 3 rings (SSSR count). The molecule has 0 bridgehead atoms. The predicted octanol–water partition coefficient (Wildman–Crippen LogP) is 0.0608. The van der Waals surface area contributed by atoms with Crippen LogP contribution in [0.1, 0.15) is 24.4 Å². The molecule has 1 saturated carbocycles. The standard InChI is InChI=1S/C15H22N4O2/c16-9-13(11-3-5-17-6-4-11)19-7-8-21-10-14(19)15(20)18-12-1-2-12/h3-6,12-14H,1-2,7-10,16H2,(H,18,20). The Morgan fingerprint density at radius 1 is 1.48 bits per heavy atom. The number of amides is 1. The summed E-state index contributed by atoms with van der Waals surface area (Å²) in [5.41, 5.74) is 7.07. The molecule has 1 aromatic rings.